The van der Waals surface area contributed by atoms with Crippen LogP contribution in [0, 0.1) is 6.92 Å². The quantitative estimate of drug-likeness (QED) is 0.686. The lowest BCUT2D eigenvalue weighted by Gasteiger charge is -2.19. The molecule has 0 aromatic heterocycles. The number of carbonyl (C=O) groups is 1. The van der Waals surface area contributed by atoms with Crippen LogP contribution in [0.3, 0.4) is 0 Å². The molecule has 104 valence electrons. The van der Waals surface area contributed by atoms with E-state index in [-0.39, 0.29) is 11.2 Å². The van der Waals surface area contributed by atoms with Crippen LogP contribution in [0.15, 0.2) is 42.5 Å². The highest BCUT2D eigenvalue weighted by atomic mass is 16.1. The first kappa shape index (κ1) is 14.5. The Hall–Kier alpha value is -1.89. The second kappa shape index (κ2) is 5.24. The molecular formula is C19H22O. The molecule has 0 N–H and O–H groups in total. The summed E-state index contributed by atoms with van der Waals surface area (Å²) >= 11 is 0. The first-order chi connectivity index (χ1) is 9.27. The predicted molar refractivity (Wildman–Crippen MR) is 85.3 cm³/mol. The Kier molecular flexibility index (Phi) is 3.80. The third kappa shape index (κ3) is 3.16. The van der Waals surface area contributed by atoms with E-state index in [1.54, 1.807) is 6.92 Å². The van der Waals surface area contributed by atoms with Gasteiger partial charge in [0.1, 0.15) is 0 Å². The first-order valence-corrected chi connectivity index (χ1v) is 7.01. The molecule has 0 atom stereocenters. The van der Waals surface area contributed by atoms with Crippen LogP contribution in [-0.2, 0) is 5.41 Å². The summed E-state index contributed by atoms with van der Waals surface area (Å²) in [5.74, 6) is 0.112. The summed E-state index contributed by atoms with van der Waals surface area (Å²) in [6.07, 6.45) is 0. The predicted octanol–water partition coefficient (Wildman–Crippen LogP) is 5.16. The highest BCUT2D eigenvalue weighted by Crippen LogP contribution is 2.27. The standard InChI is InChI=1S/C19H22O/c1-13-10-16(14(2)20)12-17(11-13)15-6-8-18(9-7-15)19(3,4)5/h6-12H,1-5H3. The van der Waals surface area contributed by atoms with E-state index in [1.807, 2.05) is 19.1 Å². The number of benzene rings is 2. The maximum absolute atomic E-state index is 11.6. The van der Waals surface area contributed by atoms with E-state index in [0.29, 0.717) is 0 Å². The minimum atomic E-state index is 0.112. The molecule has 2 aromatic carbocycles. The molecule has 1 nitrogen and oxygen atoms in total. The number of hydrogen-bond donors (Lipinski definition) is 0. The van der Waals surface area contributed by atoms with Crippen molar-refractivity contribution in [1.29, 1.82) is 0 Å². The number of hydrogen-bond acceptors (Lipinski definition) is 1. The van der Waals surface area contributed by atoms with Gasteiger partial charge in [-0.3, -0.25) is 4.79 Å². The van der Waals surface area contributed by atoms with Crippen molar-refractivity contribution in [2.45, 2.75) is 40.0 Å². The van der Waals surface area contributed by atoms with Gasteiger partial charge >= 0.3 is 0 Å². The zero-order chi connectivity index (χ0) is 14.9. The van der Waals surface area contributed by atoms with Crippen molar-refractivity contribution in [1.82, 2.24) is 0 Å². The van der Waals surface area contributed by atoms with Crippen LogP contribution in [0.4, 0.5) is 0 Å². The Balaban J connectivity index is 2.44. The largest absolute Gasteiger partial charge is 0.295 e. The van der Waals surface area contributed by atoms with Gasteiger partial charge in [0.05, 0.1) is 0 Å². The maximum Gasteiger partial charge on any atom is 0.159 e. The lowest BCUT2D eigenvalue weighted by Crippen LogP contribution is -2.10. The fourth-order valence-corrected chi connectivity index (χ4v) is 2.32. The zero-order valence-electron chi connectivity index (χ0n) is 12.9. The van der Waals surface area contributed by atoms with Crippen LogP contribution in [-0.4, -0.2) is 5.78 Å². The molecule has 0 heterocycles. The monoisotopic (exact) mass is 266 g/mol. The Morgan fingerprint density at radius 1 is 0.900 bits per heavy atom. The van der Waals surface area contributed by atoms with Gasteiger partial charge in [0, 0.05) is 5.56 Å². The lowest BCUT2D eigenvalue weighted by molar-refractivity contribution is 0.101. The number of rotatable bonds is 2. The van der Waals surface area contributed by atoms with Gasteiger partial charge in [-0.15, -0.1) is 0 Å². The van der Waals surface area contributed by atoms with Crippen LogP contribution in [0.1, 0.15) is 49.2 Å². The molecule has 2 rings (SSSR count). The van der Waals surface area contributed by atoms with E-state index in [1.165, 1.54) is 5.56 Å². The summed E-state index contributed by atoms with van der Waals surface area (Å²) in [6.45, 7) is 10.3. The molecule has 0 amide bonds. The normalized spacial score (nSPS) is 11.4. The van der Waals surface area contributed by atoms with Crippen molar-refractivity contribution in [3.8, 4) is 11.1 Å². The highest BCUT2D eigenvalue weighted by molar-refractivity contribution is 5.95. The third-order valence-corrected chi connectivity index (χ3v) is 3.57. The zero-order valence-corrected chi connectivity index (χ0v) is 12.9. The van der Waals surface area contributed by atoms with Crippen molar-refractivity contribution in [3.05, 3.63) is 59.2 Å². The van der Waals surface area contributed by atoms with Crippen molar-refractivity contribution in [2.75, 3.05) is 0 Å². The summed E-state index contributed by atoms with van der Waals surface area (Å²) < 4.78 is 0. The van der Waals surface area contributed by atoms with Gasteiger partial charge in [0.2, 0.25) is 0 Å². The van der Waals surface area contributed by atoms with Crippen molar-refractivity contribution in [3.63, 3.8) is 0 Å². The summed E-state index contributed by atoms with van der Waals surface area (Å²) in [5.41, 5.74) is 5.64. The van der Waals surface area contributed by atoms with E-state index in [0.717, 1.165) is 22.3 Å². The van der Waals surface area contributed by atoms with Crippen molar-refractivity contribution < 1.29 is 4.79 Å². The number of carbonyl (C=O) groups excluding carboxylic acids is 1. The first-order valence-electron chi connectivity index (χ1n) is 7.01. The molecule has 0 aliphatic rings. The molecular weight excluding hydrogens is 244 g/mol. The average Bonchev–Trinajstić information content (AvgIpc) is 2.37. The van der Waals surface area contributed by atoms with Crippen LogP contribution in [0.2, 0.25) is 0 Å². The van der Waals surface area contributed by atoms with Gasteiger partial charge in [-0.1, -0.05) is 51.1 Å². The number of Topliss-reactive ketones (excluding diaryl/α,β-unsaturated/α-hetero) is 1. The second-order valence-corrected chi connectivity index (χ2v) is 6.47. The Morgan fingerprint density at radius 2 is 1.50 bits per heavy atom. The molecule has 2 aromatic rings. The van der Waals surface area contributed by atoms with Gasteiger partial charge < -0.3 is 0 Å². The van der Waals surface area contributed by atoms with Gasteiger partial charge in [0.25, 0.3) is 0 Å². The smallest absolute Gasteiger partial charge is 0.159 e. The van der Waals surface area contributed by atoms with E-state index in [9.17, 15) is 4.79 Å². The Morgan fingerprint density at radius 3 is 2.00 bits per heavy atom. The molecule has 0 aliphatic heterocycles. The lowest BCUT2D eigenvalue weighted by atomic mass is 9.86. The maximum atomic E-state index is 11.6. The summed E-state index contributed by atoms with van der Waals surface area (Å²) in [7, 11) is 0. The summed E-state index contributed by atoms with van der Waals surface area (Å²) in [6, 6.07) is 14.7. The minimum Gasteiger partial charge on any atom is -0.295 e. The van der Waals surface area contributed by atoms with E-state index in [4.69, 9.17) is 0 Å². The molecule has 0 unspecified atom stereocenters. The van der Waals surface area contributed by atoms with Crippen LogP contribution in [0.25, 0.3) is 11.1 Å². The third-order valence-electron chi connectivity index (χ3n) is 3.57. The Labute approximate surface area is 121 Å². The van der Waals surface area contributed by atoms with Gasteiger partial charge in [-0.2, -0.15) is 0 Å². The molecule has 0 fully saturated rings. The molecule has 0 saturated carbocycles. The SMILES string of the molecule is CC(=O)c1cc(C)cc(-c2ccc(C(C)(C)C)cc2)c1. The van der Waals surface area contributed by atoms with Gasteiger partial charge in [0.15, 0.2) is 5.78 Å². The highest BCUT2D eigenvalue weighted by Gasteiger charge is 2.13. The van der Waals surface area contributed by atoms with Gasteiger partial charge in [-0.25, -0.2) is 0 Å². The molecule has 0 radical (unpaired) electrons. The van der Waals surface area contributed by atoms with E-state index >= 15 is 0 Å². The second-order valence-electron chi connectivity index (χ2n) is 6.47. The number of ketones is 1. The number of aryl methyl sites for hydroxylation is 1. The summed E-state index contributed by atoms with van der Waals surface area (Å²) in [4.78, 5) is 11.6. The molecule has 1 heteroatoms. The van der Waals surface area contributed by atoms with Crippen LogP contribution >= 0.6 is 0 Å². The fourth-order valence-electron chi connectivity index (χ4n) is 2.32. The van der Waals surface area contributed by atoms with Crippen LogP contribution < -0.4 is 0 Å². The topological polar surface area (TPSA) is 17.1 Å². The van der Waals surface area contributed by atoms with E-state index in [2.05, 4.69) is 51.1 Å². The average molecular weight is 266 g/mol. The fraction of sp³-hybridized carbons (Fsp3) is 0.316. The molecule has 0 aliphatic carbocycles. The van der Waals surface area contributed by atoms with E-state index < -0.39 is 0 Å². The Bertz CT molecular complexity index is 628. The molecule has 20 heavy (non-hydrogen) atoms. The van der Waals surface area contributed by atoms with Crippen molar-refractivity contribution in [2.24, 2.45) is 0 Å². The van der Waals surface area contributed by atoms with Gasteiger partial charge in [-0.05, 0) is 53.6 Å². The minimum absolute atomic E-state index is 0.112. The molecule has 0 bridgehead atoms. The molecule has 0 saturated heterocycles. The molecule has 0 spiro atoms. The van der Waals surface area contributed by atoms with Crippen LogP contribution in [0.5, 0.6) is 0 Å². The summed E-state index contributed by atoms with van der Waals surface area (Å²) in [5, 5.41) is 0. The van der Waals surface area contributed by atoms with Crippen molar-refractivity contribution >= 4 is 5.78 Å².